The first-order valence-electron chi connectivity index (χ1n) is 6.78. The zero-order valence-electron chi connectivity index (χ0n) is 12.0. The van der Waals surface area contributed by atoms with E-state index in [-0.39, 0.29) is 24.1 Å². The highest BCUT2D eigenvalue weighted by Crippen LogP contribution is 2.24. The smallest absolute Gasteiger partial charge is 0.269 e. The van der Waals surface area contributed by atoms with Gasteiger partial charge in [0.1, 0.15) is 0 Å². The monoisotopic (exact) mass is 311 g/mol. The van der Waals surface area contributed by atoms with Gasteiger partial charge in [-0.25, -0.2) is 0 Å². The second-order valence-electron chi connectivity index (χ2n) is 5.43. The SMILES string of the molecule is CC(C(=O)N(C)Cc1cc([N+](=O)[O-])ccc1Cl)C1CNC1. The molecule has 1 aromatic carbocycles. The maximum atomic E-state index is 12.3. The van der Waals surface area contributed by atoms with Crippen molar-refractivity contribution in [1.29, 1.82) is 0 Å². The molecule has 1 fully saturated rings. The summed E-state index contributed by atoms with van der Waals surface area (Å²) in [5.74, 6) is 0.332. The van der Waals surface area contributed by atoms with Crippen molar-refractivity contribution in [2.45, 2.75) is 13.5 Å². The topological polar surface area (TPSA) is 75.5 Å². The fourth-order valence-corrected chi connectivity index (χ4v) is 2.52. The minimum absolute atomic E-state index is 0.0218. The van der Waals surface area contributed by atoms with Crippen LogP contribution in [0.25, 0.3) is 0 Å². The number of carbonyl (C=O) groups excluding carboxylic acids is 1. The summed E-state index contributed by atoms with van der Waals surface area (Å²) in [5, 5.41) is 14.4. The number of nitrogens with one attached hydrogen (secondary N) is 1. The largest absolute Gasteiger partial charge is 0.341 e. The zero-order chi connectivity index (χ0) is 15.6. The van der Waals surface area contributed by atoms with Gasteiger partial charge in [0.05, 0.1) is 4.92 Å². The van der Waals surface area contributed by atoms with E-state index in [4.69, 9.17) is 11.6 Å². The van der Waals surface area contributed by atoms with E-state index in [2.05, 4.69) is 5.32 Å². The van der Waals surface area contributed by atoms with Gasteiger partial charge in [0.25, 0.3) is 5.69 Å². The molecule has 1 N–H and O–H groups in total. The Morgan fingerprint density at radius 2 is 2.24 bits per heavy atom. The maximum absolute atomic E-state index is 12.3. The van der Waals surface area contributed by atoms with Crippen LogP contribution in [-0.4, -0.2) is 35.9 Å². The molecule has 1 saturated heterocycles. The lowest BCUT2D eigenvalue weighted by Crippen LogP contribution is -2.49. The van der Waals surface area contributed by atoms with Crippen molar-refractivity contribution in [2.75, 3.05) is 20.1 Å². The third-order valence-electron chi connectivity index (χ3n) is 3.93. The van der Waals surface area contributed by atoms with Crippen LogP contribution in [0, 0.1) is 22.0 Å². The lowest BCUT2D eigenvalue weighted by Gasteiger charge is -2.34. The molecule has 0 aliphatic carbocycles. The number of benzene rings is 1. The van der Waals surface area contributed by atoms with Crippen LogP contribution in [0.2, 0.25) is 5.02 Å². The van der Waals surface area contributed by atoms with Gasteiger partial charge >= 0.3 is 0 Å². The predicted molar refractivity (Wildman–Crippen MR) is 80.1 cm³/mol. The average molecular weight is 312 g/mol. The van der Waals surface area contributed by atoms with Crippen LogP contribution >= 0.6 is 11.6 Å². The highest BCUT2D eigenvalue weighted by molar-refractivity contribution is 6.31. The molecule has 0 radical (unpaired) electrons. The molecule has 0 spiro atoms. The Kier molecular flexibility index (Phi) is 4.80. The summed E-state index contributed by atoms with van der Waals surface area (Å²) in [6.45, 7) is 3.90. The van der Waals surface area contributed by atoms with Gasteiger partial charge in [0.2, 0.25) is 5.91 Å². The zero-order valence-corrected chi connectivity index (χ0v) is 12.8. The van der Waals surface area contributed by atoms with Crippen molar-refractivity contribution >= 4 is 23.2 Å². The average Bonchev–Trinajstić information content (AvgIpc) is 2.37. The van der Waals surface area contributed by atoms with Gasteiger partial charge in [0.15, 0.2) is 0 Å². The van der Waals surface area contributed by atoms with E-state index < -0.39 is 4.92 Å². The molecule has 0 bridgehead atoms. The van der Waals surface area contributed by atoms with Gasteiger partial charge in [0, 0.05) is 36.7 Å². The van der Waals surface area contributed by atoms with E-state index in [1.165, 1.54) is 18.2 Å². The van der Waals surface area contributed by atoms with Gasteiger partial charge in [-0.1, -0.05) is 18.5 Å². The third kappa shape index (κ3) is 3.51. The molecule has 2 rings (SSSR count). The molecular formula is C14H18ClN3O3. The molecule has 1 unspecified atom stereocenters. The maximum Gasteiger partial charge on any atom is 0.269 e. The molecule has 114 valence electrons. The number of hydrogen-bond acceptors (Lipinski definition) is 4. The number of rotatable bonds is 5. The summed E-state index contributed by atoms with van der Waals surface area (Å²) in [4.78, 5) is 24.2. The summed E-state index contributed by atoms with van der Waals surface area (Å²) in [7, 11) is 1.69. The Balaban J connectivity index is 2.07. The number of nitro groups is 1. The van der Waals surface area contributed by atoms with Crippen LogP contribution in [0.3, 0.4) is 0 Å². The van der Waals surface area contributed by atoms with Crippen LogP contribution in [0.1, 0.15) is 12.5 Å². The fourth-order valence-electron chi connectivity index (χ4n) is 2.34. The van der Waals surface area contributed by atoms with Crippen LogP contribution in [-0.2, 0) is 11.3 Å². The van der Waals surface area contributed by atoms with E-state index in [9.17, 15) is 14.9 Å². The summed E-state index contributed by atoms with van der Waals surface area (Å²) in [6, 6.07) is 4.27. The predicted octanol–water partition coefficient (Wildman–Crippen LogP) is 2.06. The van der Waals surface area contributed by atoms with Crippen molar-refractivity contribution in [2.24, 2.45) is 11.8 Å². The van der Waals surface area contributed by atoms with Gasteiger partial charge in [-0.05, 0) is 30.6 Å². The molecule has 1 aliphatic rings. The molecule has 1 atom stereocenters. The summed E-state index contributed by atoms with van der Waals surface area (Å²) >= 11 is 6.06. The van der Waals surface area contributed by atoms with Crippen LogP contribution in [0.4, 0.5) is 5.69 Å². The minimum Gasteiger partial charge on any atom is -0.341 e. The minimum atomic E-state index is -0.468. The first-order valence-corrected chi connectivity index (χ1v) is 7.16. The lowest BCUT2D eigenvalue weighted by atomic mass is 9.88. The summed E-state index contributed by atoms with van der Waals surface area (Å²) < 4.78 is 0. The molecule has 1 heterocycles. The Labute approximate surface area is 128 Å². The van der Waals surface area contributed by atoms with Crippen molar-refractivity contribution in [3.8, 4) is 0 Å². The molecule has 0 aromatic heterocycles. The van der Waals surface area contributed by atoms with E-state index in [0.29, 0.717) is 16.5 Å². The van der Waals surface area contributed by atoms with Gasteiger partial charge in [-0.15, -0.1) is 0 Å². The highest BCUT2D eigenvalue weighted by Gasteiger charge is 2.30. The number of nitrogens with zero attached hydrogens (tertiary/aromatic N) is 2. The Morgan fingerprint density at radius 1 is 1.57 bits per heavy atom. The number of amides is 1. The van der Waals surface area contributed by atoms with E-state index in [0.717, 1.165) is 13.1 Å². The standard InChI is InChI=1S/C14H18ClN3O3/c1-9(11-6-16-7-11)14(19)17(2)8-10-5-12(18(20)21)3-4-13(10)15/h3-5,9,11,16H,6-8H2,1-2H3. The Morgan fingerprint density at radius 3 is 2.76 bits per heavy atom. The molecule has 7 heteroatoms. The first kappa shape index (κ1) is 15.7. The van der Waals surface area contributed by atoms with Crippen LogP contribution in [0.5, 0.6) is 0 Å². The van der Waals surface area contributed by atoms with Gasteiger partial charge in [-0.3, -0.25) is 14.9 Å². The van der Waals surface area contributed by atoms with Crippen molar-refractivity contribution in [3.05, 3.63) is 38.9 Å². The molecule has 1 amide bonds. The fraction of sp³-hybridized carbons (Fsp3) is 0.500. The summed E-state index contributed by atoms with van der Waals surface area (Å²) in [5.41, 5.74) is 0.562. The lowest BCUT2D eigenvalue weighted by molar-refractivity contribution is -0.384. The van der Waals surface area contributed by atoms with Crippen molar-refractivity contribution in [1.82, 2.24) is 10.2 Å². The number of nitro benzene ring substituents is 1. The quantitative estimate of drug-likeness (QED) is 0.667. The van der Waals surface area contributed by atoms with E-state index in [1.807, 2.05) is 6.92 Å². The second kappa shape index (κ2) is 6.41. The van der Waals surface area contributed by atoms with E-state index >= 15 is 0 Å². The number of non-ortho nitro benzene ring substituents is 1. The summed E-state index contributed by atoms with van der Waals surface area (Å²) in [6.07, 6.45) is 0. The van der Waals surface area contributed by atoms with Gasteiger partial charge < -0.3 is 10.2 Å². The molecule has 6 nitrogen and oxygen atoms in total. The Bertz CT molecular complexity index is 560. The molecule has 1 aliphatic heterocycles. The molecule has 0 saturated carbocycles. The second-order valence-corrected chi connectivity index (χ2v) is 5.84. The highest BCUT2D eigenvalue weighted by atomic mass is 35.5. The molecule has 21 heavy (non-hydrogen) atoms. The van der Waals surface area contributed by atoms with E-state index in [1.54, 1.807) is 11.9 Å². The molecule has 1 aromatic rings. The first-order chi connectivity index (χ1) is 9.90. The Hall–Kier alpha value is -1.66. The van der Waals surface area contributed by atoms with Crippen molar-refractivity contribution in [3.63, 3.8) is 0 Å². The van der Waals surface area contributed by atoms with Gasteiger partial charge in [-0.2, -0.15) is 0 Å². The van der Waals surface area contributed by atoms with Crippen LogP contribution < -0.4 is 5.32 Å². The number of carbonyl (C=O) groups is 1. The third-order valence-corrected chi connectivity index (χ3v) is 4.30. The number of halogens is 1. The number of hydrogen-bond donors (Lipinski definition) is 1. The van der Waals surface area contributed by atoms with Crippen LogP contribution in [0.15, 0.2) is 18.2 Å². The van der Waals surface area contributed by atoms with Crippen molar-refractivity contribution < 1.29 is 9.72 Å². The normalized spacial score (nSPS) is 16.1. The molecular weight excluding hydrogens is 294 g/mol.